The van der Waals surface area contributed by atoms with Crippen molar-refractivity contribution in [1.82, 2.24) is 0 Å². The SMILES string of the molecule is CCCC[C@]1(c2ccccc2)C(C)=C(O)C(=O)[C@@]1(C)C(=O)Oc1ccccc1. The van der Waals surface area contributed by atoms with Crippen LogP contribution in [0, 0.1) is 5.41 Å². The second kappa shape index (κ2) is 7.63. The van der Waals surface area contributed by atoms with Crippen LogP contribution in [-0.4, -0.2) is 16.9 Å². The number of ketones is 1. The summed E-state index contributed by atoms with van der Waals surface area (Å²) in [6.07, 6.45) is 2.27. The zero-order valence-corrected chi connectivity index (χ0v) is 16.6. The molecule has 0 fully saturated rings. The molecule has 2 aromatic rings. The van der Waals surface area contributed by atoms with Gasteiger partial charge in [-0.05, 0) is 43.5 Å². The van der Waals surface area contributed by atoms with Crippen LogP contribution >= 0.6 is 0 Å². The van der Waals surface area contributed by atoms with Gasteiger partial charge in [-0.25, -0.2) is 0 Å². The minimum Gasteiger partial charge on any atom is -0.504 e. The predicted octanol–water partition coefficient (Wildman–Crippen LogP) is 5.14. The van der Waals surface area contributed by atoms with Crippen molar-refractivity contribution in [2.45, 2.75) is 45.4 Å². The molecule has 0 aliphatic heterocycles. The molecule has 0 amide bonds. The predicted molar refractivity (Wildman–Crippen MR) is 108 cm³/mol. The zero-order chi connectivity index (χ0) is 20.4. The summed E-state index contributed by atoms with van der Waals surface area (Å²) < 4.78 is 5.63. The molecule has 0 aromatic heterocycles. The minimum absolute atomic E-state index is 0.326. The average molecular weight is 378 g/mol. The highest BCUT2D eigenvalue weighted by Gasteiger charge is 2.66. The summed E-state index contributed by atoms with van der Waals surface area (Å²) >= 11 is 0. The Hall–Kier alpha value is -2.88. The molecular formula is C24H26O4. The lowest BCUT2D eigenvalue weighted by Crippen LogP contribution is -2.52. The number of aliphatic hydroxyl groups is 1. The molecule has 1 aliphatic rings. The average Bonchev–Trinajstić information content (AvgIpc) is 2.87. The Morgan fingerprint density at radius 1 is 1.04 bits per heavy atom. The molecule has 3 rings (SSSR count). The zero-order valence-electron chi connectivity index (χ0n) is 16.6. The maximum atomic E-state index is 13.4. The normalized spacial score (nSPS) is 24.5. The van der Waals surface area contributed by atoms with Gasteiger partial charge in [-0.3, -0.25) is 9.59 Å². The third kappa shape index (κ3) is 2.84. The van der Waals surface area contributed by atoms with E-state index in [0.29, 0.717) is 17.7 Å². The fourth-order valence-corrected chi connectivity index (χ4v) is 4.39. The van der Waals surface area contributed by atoms with Crippen LogP contribution in [0.25, 0.3) is 0 Å². The molecule has 2 atom stereocenters. The number of ether oxygens (including phenoxy) is 1. The summed E-state index contributed by atoms with van der Waals surface area (Å²) in [7, 11) is 0. The van der Waals surface area contributed by atoms with Gasteiger partial charge >= 0.3 is 5.97 Å². The van der Waals surface area contributed by atoms with Gasteiger partial charge in [0.1, 0.15) is 11.2 Å². The first kappa shape index (κ1) is 19.9. The van der Waals surface area contributed by atoms with E-state index in [1.54, 1.807) is 38.1 Å². The van der Waals surface area contributed by atoms with Gasteiger partial charge in [-0.1, -0.05) is 68.3 Å². The number of aliphatic hydroxyl groups excluding tert-OH is 1. The molecular weight excluding hydrogens is 352 g/mol. The molecule has 1 N–H and O–H groups in total. The first-order valence-corrected chi connectivity index (χ1v) is 9.67. The number of allylic oxidation sites excluding steroid dienone is 2. The first-order chi connectivity index (χ1) is 13.4. The Morgan fingerprint density at radius 2 is 1.61 bits per heavy atom. The summed E-state index contributed by atoms with van der Waals surface area (Å²) in [6, 6.07) is 18.2. The lowest BCUT2D eigenvalue weighted by Gasteiger charge is -2.42. The first-order valence-electron chi connectivity index (χ1n) is 9.67. The lowest BCUT2D eigenvalue weighted by atomic mass is 9.57. The van der Waals surface area contributed by atoms with Crippen molar-refractivity contribution in [2.75, 3.05) is 0 Å². The number of hydrogen-bond acceptors (Lipinski definition) is 4. The summed E-state index contributed by atoms with van der Waals surface area (Å²) in [4.78, 5) is 26.6. The number of carbonyl (C=O) groups excluding carboxylic acids is 2. The molecule has 1 aliphatic carbocycles. The van der Waals surface area contributed by atoms with Gasteiger partial charge in [0, 0.05) is 5.41 Å². The third-order valence-corrected chi connectivity index (χ3v) is 6.05. The molecule has 2 aromatic carbocycles. The third-order valence-electron chi connectivity index (χ3n) is 6.05. The van der Waals surface area contributed by atoms with E-state index >= 15 is 0 Å². The molecule has 0 radical (unpaired) electrons. The van der Waals surface area contributed by atoms with E-state index in [1.807, 2.05) is 36.4 Å². The highest BCUT2D eigenvalue weighted by molar-refractivity contribution is 6.16. The van der Waals surface area contributed by atoms with Gasteiger partial charge < -0.3 is 9.84 Å². The largest absolute Gasteiger partial charge is 0.504 e. The number of para-hydroxylation sites is 1. The van der Waals surface area contributed by atoms with E-state index in [-0.39, 0.29) is 5.76 Å². The number of hydrogen-bond donors (Lipinski definition) is 1. The number of rotatable bonds is 6. The number of unbranched alkanes of at least 4 members (excludes halogenated alkanes) is 1. The molecule has 4 heteroatoms. The van der Waals surface area contributed by atoms with Crippen LogP contribution in [0.1, 0.15) is 45.6 Å². The van der Waals surface area contributed by atoms with Crippen LogP contribution in [0.15, 0.2) is 72.0 Å². The van der Waals surface area contributed by atoms with Gasteiger partial charge in [0.15, 0.2) is 5.76 Å². The van der Waals surface area contributed by atoms with Crippen LogP contribution in [-0.2, 0) is 15.0 Å². The van der Waals surface area contributed by atoms with Gasteiger partial charge in [-0.2, -0.15) is 0 Å². The molecule has 28 heavy (non-hydrogen) atoms. The minimum atomic E-state index is -1.55. The lowest BCUT2D eigenvalue weighted by molar-refractivity contribution is -0.154. The standard InChI is InChI=1S/C24H26O4/c1-4-5-16-24(18-12-8-6-9-13-18)17(2)20(25)21(26)23(24,3)22(27)28-19-14-10-7-11-15-19/h6-15,25H,4-5,16H2,1-3H3/t23-,24+/m0/s1. The van der Waals surface area contributed by atoms with Gasteiger partial charge in [0.25, 0.3) is 0 Å². The van der Waals surface area contributed by atoms with Crippen LogP contribution in [0.2, 0.25) is 0 Å². The van der Waals surface area contributed by atoms with E-state index < -0.39 is 22.6 Å². The Bertz CT molecular complexity index is 901. The molecule has 146 valence electrons. The molecule has 0 saturated carbocycles. The van der Waals surface area contributed by atoms with Gasteiger partial charge in [0.05, 0.1) is 0 Å². The van der Waals surface area contributed by atoms with Crippen LogP contribution in [0.4, 0.5) is 0 Å². The fraction of sp³-hybridized carbons (Fsp3) is 0.333. The van der Waals surface area contributed by atoms with Crippen molar-refractivity contribution in [2.24, 2.45) is 5.41 Å². The number of Topliss-reactive ketones (excluding diaryl/α,β-unsaturated/α-hetero) is 1. The molecule has 0 spiro atoms. The summed E-state index contributed by atoms with van der Waals surface area (Å²) in [5.41, 5.74) is -1.12. The van der Waals surface area contributed by atoms with E-state index in [2.05, 4.69) is 6.92 Å². The van der Waals surface area contributed by atoms with E-state index in [4.69, 9.17) is 4.74 Å². The Labute approximate surface area is 165 Å². The van der Waals surface area contributed by atoms with Crippen molar-refractivity contribution in [3.8, 4) is 5.75 Å². The smallest absolute Gasteiger partial charge is 0.326 e. The van der Waals surface area contributed by atoms with E-state index in [1.165, 1.54) is 0 Å². The summed E-state index contributed by atoms with van der Waals surface area (Å²) in [5.74, 6) is -1.17. The highest BCUT2D eigenvalue weighted by Crippen LogP contribution is 2.57. The second-order valence-electron chi connectivity index (χ2n) is 7.51. The number of carbonyl (C=O) groups is 2. The summed E-state index contributed by atoms with van der Waals surface area (Å²) in [5, 5.41) is 10.6. The van der Waals surface area contributed by atoms with Gasteiger partial charge in [-0.15, -0.1) is 0 Å². The maximum Gasteiger partial charge on any atom is 0.326 e. The quantitative estimate of drug-likeness (QED) is 0.429. The Kier molecular flexibility index (Phi) is 5.41. The maximum absolute atomic E-state index is 13.4. The Morgan fingerprint density at radius 3 is 2.18 bits per heavy atom. The monoisotopic (exact) mass is 378 g/mol. The van der Waals surface area contributed by atoms with Crippen molar-refractivity contribution < 1.29 is 19.4 Å². The Balaban J connectivity index is 2.18. The molecule has 0 saturated heterocycles. The highest BCUT2D eigenvalue weighted by atomic mass is 16.5. The van der Waals surface area contributed by atoms with E-state index in [0.717, 1.165) is 18.4 Å². The van der Waals surface area contributed by atoms with Crippen LogP contribution < -0.4 is 4.74 Å². The fourth-order valence-electron chi connectivity index (χ4n) is 4.39. The van der Waals surface area contributed by atoms with Crippen molar-refractivity contribution >= 4 is 11.8 Å². The van der Waals surface area contributed by atoms with Crippen molar-refractivity contribution in [3.05, 3.63) is 77.6 Å². The second-order valence-corrected chi connectivity index (χ2v) is 7.51. The van der Waals surface area contributed by atoms with Crippen LogP contribution in [0.5, 0.6) is 5.75 Å². The number of esters is 1. The number of benzene rings is 2. The van der Waals surface area contributed by atoms with Crippen molar-refractivity contribution in [1.29, 1.82) is 0 Å². The molecule has 0 bridgehead atoms. The molecule has 0 heterocycles. The topological polar surface area (TPSA) is 63.6 Å². The van der Waals surface area contributed by atoms with Crippen LogP contribution in [0.3, 0.4) is 0 Å². The molecule has 4 nitrogen and oxygen atoms in total. The van der Waals surface area contributed by atoms with Crippen molar-refractivity contribution in [3.63, 3.8) is 0 Å². The van der Waals surface area contributed by atoms with Gasteiger partial charge in [0.2, 0.25) is 5.78 Å². The molecule has 0 unspecified atom stereocenters. The van der Waals surface area contributed by atoms with E-state index in [9.17, 15) is 14.7 Å². The summed E-state index contributed by atoms with van der Waals surface area (Å²) in [6.45, 7) is 5.42.